The summed E-state index contributed by atoms with van der Waals surface area (Å²) in [6.07, 6.45) is 2.83. The summed E-state index contributed by atoms with van der Waals surface area (Å²) in [6, 6.07) is 12.2. The van der Waals surface area contributed by atoms with Crippen molar-refractivity contribution < 1.29 is 14.2 Å². The highest BCUT2D eigenvalue weighted by molar-refractivity contribution is 9.10. The molecule has 0 fully saturated rings. The molecule has 25 heavy (non-hydrogen) atoms. The van der Waals surface area contributed by atoms with Crippen molar-refractivity contribution in [1.82, 2.24) is 0 Å². The molecule has 0 aliphatic rings. The number of benzene rings is 2. The van der Waals surface area contributed by atoms with Crippen molar-refractivity contribution in [2.24, 2.45) is 0 Å². The van der Waals surface area contributed by atoms with Crippen LogP contribution < -0.4 is 14.2 Å². The predicted molar refractivity (Wildman–Crippen MR) is 107 cm³/mol. The zero-order valence-corrected chi connectivity index (χ0v) is 16.9. The average molecular weight is 407 g/mol. The van der Waals surface area contributed by atoms with Gasteiger partial charge in [-0.1, -0.05) is 51.1 Å². The molecular weight excluding hydrogens is 380 g/mol. The fourth-order valence-electron chi connectivity index (χ4n) is 2.45. The first kappa shape index (κ1) is 19.6. The van der Waals surface area contributed by atoms with Gasteiger partial charge in [0.25, 0.3) is 0 Å². The van der Waals surface area contributed by atoms with Crippen LogP contribution in [0.2, 0.25) is 0 Å². The Labute approximate surface area is 159 Å². The number of rotatable bonds is 10. The molecule has 0 aromatic heterocycles. The van der Waals surface area contributed by atoms with Crippen LogP contribution in [0.15, 0.2) is 40.9 Å². The molecule has 0 N–H and O–H groups in total. The zero-order chi connectivity index (χ0) is 18.1. The van der Waals surface area contributed by atoms with Crippen molar-refractivity contribution in [2.75, 3.05) is 19.8 Å². The van der Waals surface area contributed by atoms with Crippen LogP contribution in [0.4, 0.5) is 0 Å². The molecule has 0 bridgehead atoms. The molecule has 0 spiro atoms. The monoisotopic (exact) mass is 406 g/mol. The van der Waals surface area contributed by atoms with E-state index in [1.165, 1.54) is 0 Å². The number of hydrogen-bond donors (Lipinski definition) is 0. The Balaban J connectivity index is 2.59. The van der Waals surface area contributed by atoms with E-state index in [1.54, 1.807) is 0 Å². The molecule has 2 aromatic carbocycles. The Morgan fingerprint density at radius 2 is 1.32 bits per heavy atom. The predicted octanol–water partition coefficient (Wildman–Crippen LogP) is 6.48. The lowest BCUT2D eigenvalue weighted by molar-refractivity contribution is 0.285. The summed E-state index contributed by atoms with van der Waals surface area (Å²) in [7, 11) is 0. The molecule has 2 rings (SSSR count). The van der Waals surface area contributed by atoms with Gasteiger partial charge in [0, 0.05) is 6.07 Å². The summed E-state index contributed by atoms with van der Waals surface area (Å²) in [5.74, 6) is 2.35. The van der Waals surface area contributed by atoms with E-state index >= 15 is 0 Å². The smallest absolute Gasteiger partial charge is 0.148 e. The third-order valence-corrected chi connectivity index (χ3v) is 4.34. The summed E-state index contributed by atoms with van der Waals surface area (Å²) in [5.41, 5.74) is 2.04. The molecule has 0 aliphatic carbocycles. The van der Waals surface area contributed by atoms with Gasteiger partial charge in [-0.3, -0.25) is 0 Å². The lowest BCUT2D eigenvalue weighted by Crippen LogP contribution is -2.05. The van der Waals surface area contributed by atoms with E-state index in [9.17, 15) is 0 Å². The summed E-state index contributed by atoms with van der Waals surface area (Å²) < 4.78 is 18.9. The molecule has 3 nitrogen and oxygen atoms in total. The molecule has 0 amide bonds. The second kappa shape index (κ2) is 10.3. The number of hydrogen-bond acceptors (Lipinski definition) is 3. The summed E-state index contributed by atoms with van der Waals surface area (Å²) >= 11 is 3.69. The van der Waals surface area contributed by atoms with Gasteiger partial charge >= 0.3 is 0 Å². The van der Waals surface area contributed by atoms with Crippen LogP contribution in [0.5, 0.6) is 17.2 Å². The van der Waals surface area contributed by atoms with Crippen molar-refractivity contribution in [3.8, 4) is 28.4 Å². The largest absolute Gasteiger partial charge is 0.493 e. The van der Waals surface area contributed by atoms with Crippen molar-refractivity contribution >= 4 is 15.9 Å². The molecule has 2 aromatic rings. The molecule has 0 aliphatic heterocycles. The van der Waals surface area contributed by atoms with Gasteiger partial charge in [0.05, 0.1) is 25.4 Å². The maximum absolute atomic E-state index is 6.11. The van der Waals surface area contributed by atoms with Gasteiger partial charge in [-0.25, -0.2) is 0 Å². The van der Waals surface area contributed by atoms with Crippen LogP contribution in [0.3, 0.4) is 0 Å². The SMILES string of the molecule is CCCOc1cc(OCCC)c(-c2ccccc2)c(OCCC)c1Br. The summed E-state index contributed by atoms with van der Waals surface area (Å²) in [5, 5.41) is 0. The van der Waals surface area contributed by atoms with Crippen LogP contribution in [0, 0.1) is 0 Å². The van der Waals surface area contributed by atoms with Crippen LogP contribution >= 0.6 is 15.9 Å². The third kappa shape index (κ3) is 5.15. The standard InChI is InChI=1S/C21H27BrO3/c1-4-12-23-17-15-18(24-13-5-2)20(22)21(25-14-6-3)19(17)16-10-8-7-9-11-16/h7-11,15H,4-6,12-14H2,1-3H3. The van der Waals surface area contributed by atoms with E-state index in [2.05, 4.69) is 48.8 Å². The van der Waals surface area contributed by atoms with E-state index in [0.29, 0.717) is 19.8 Å². The van der Waals surface area contributed by atoms with Gasteiger partial charge in [-0.05, 0) is 40.8 Å². The van der Waals surface area contributed by atoms with Gasteiger partial charge < -0.3 is 14.2 Å². The Kier molecular flexibility index (Phi) is 8.13. The quantitative estimate of drug-likeness (QED) is 0.451. The van der Waals surface area contributed by atoms with Gasteiger partial charge in [0.1, 0.15) is 21.7 Å². The Bertz CT molecular complexity index is 656. The molecule has 0 saturated carbocycles. The molecule has 4 heteroatoms. The summed E-state index contributed by atoms with van der Waals surface area (Å²) in [6.45, 7) is 8.25. The average Bonchev–Trinajstić information content (AvgIpc) is 2.65. The molecule has 0 atom stereocenters. The molecule has 0 saturated heterocycles. The first-order valence-electron chi connectivity index (χ1n) is 9.03. The lowest BCUT2D eigenvalue weighted by atomic mass is 10.0. The van der Waals surface area contributed by atoms with Crippen LogP contribution in [0.25, 0.3) is 11.1 Å². The third-order valence-electron chi connectivity index (χ3n) is 3.59. The van der Waals surface area contributed by atoms with E-state index in [0.717, 1.165) is 52.1 Å². The Morgan fingerprint density at radius 1 is 0.760 bits per heavy atom. The van der Waals surface area contributed by atoms with Crippen molar-refractivity contribution in [1.29, 1.82) is 0 Å². The molecule has 0 radical (unpaired) electrons. The first-order valence-corrected chi connectivity index (χ1v) is 9.82. The van der Waals surface area contributed by atoms with E-state index < -0.39 is 0 Å². The highest BCUT2D eigenvalue weighted by atomic mass is 79.9. The lowest BCUT2D eigenvalue weighted by Gasteiger charge is -2.20. The van der Waals surface area contributed by atoms with Crippen LogP contribution in [0.1, 0.15) is 40.0 Å². The van der Waals surface area contributed by atoms with Gasteiger partial charge in [-0.15, -0.1) is 0 Å². The first-order chi connectivity index (χ1) is 12.2. The van der Waals surface area contributed by atoms with Crippen LogP contribution in [-0.2, 0) is 0 Å². The fraction of sp³-hybridized carbons (Fsp3) is 0.429. The van der Waals surface area contributed by atoms with Gasteiger partial charge in [0.2, 0.25) is 0 Å². The molecular formula is C21H27BrO3. The molecule has 0 heterocycles. The maximum atomic E-state index is 6.11. The molecule has 136 valence electrons. The van der Waals surface area contributed by atoms with E-state index in [4.69, 9.17) is 14.2 Å². The van der Waals surface area contributed by atoms with E-state index in [1.807, 2.05) is 24.3 Å². The van der Waals surface area contributed by atoms with E-state index in [-0.39, 0.29) is 0 Å². The summed E-state index contributed by atoms with van der Waals surface area (Å²) in [4.78, 5) is 0. The Morgan fingerprint density at radius 3 is 1.92 bits per heavy atom. The van der Waals surface area contributed by atoms with Gasteiger partial charge in [0.15, 0.2) is 0 Å². The maximum Gasteiger partial charge on any atom is 0.148 e. The highest BCUT2D eigenvalue weighted by Crippen LogP contribution is 2.48. The highest BCUT2D eigenvalue weighted by Gasteiger charge is 2.21. The number of ether oxygens (including phenoxy) is 3. The second-order valence-electron chi connectivity index (χ2n) is 5.80. The Hall–Kier alpha value is -1.68. The minimum Gasteiger partial charge on any atom is -0.493 e. The fourth-order valence-corrected chi connectivity index (χ4v) is 2.99. The van der Waals surface area contributed by atoms with Gasteiger partial charge in [-0.2, -0.15) is 0 Å². The van der Waals surface area contributed by atoms with Crippen LogP contribution in [-0.4, -0.2) is 19.8 Å². The van der Waals surface area contributed by atoms with Crippen molar-refractivity contribution in [3.05, 3.63) is 40.9 Å². The molecule has 0 unspecified atom stereocenters. The minimum atomic E-state index is 0.642. The van der Waals surface area contributed by atoms with Crippen molar-refractivity contribution in [3.63, 3.8) is 0 Å². The normalized spacial score (nSPS) is 10.6. The topological polar surface area (TPSA) is 27.7 Å². The zero-order valence-electron chi connectivity index (χ0n) is 15.3. The second-order valence-corrected chi connectivity index (χ2v) is 6.60. The minimum absolute atomic E-state index is 0.642. The number of halogens is 1. The van der Waals surface area contributed by atoms with Crippen molar-refractivity contribution in [2.45, 2.75) is 40.0 Å².